The normalized spacial score (nSPS) is 20.0. The molecule has 0 spiro atoms. The van der Waals surface area contributed by atoms with Gasteiger partial charge >= 0.3 is 12.1 Å². The predicted octanol–water partition coefficient (Wildman–Crippen LogP) is 3.62. The number of fused-ring (bicyclic) bond motifs is 5. The van der Waals surface area contributed by atoms with Gasteiger partial charge in [0.25, 0.3) is 5.56 Å². The van der Waals surface area contributed by atoms with Crippen LogP contribution in [-0.2, 0) is 39.6 Å². The smallest absolute Gasteiger partial charge is 0.409 e. The molecular weight excluding hydrogens is 552 g/mol. The Morgan fingerprint density at radius 3 is 2.70 bits per heavy atom. The lowest BCUT2D eigenvalue weighted by molar-refractivity contribution is -0.172. The van der Waals surface area contributed by atoms with E-state index in [-0.39, 0.29) is 47.6 Å². The van der Waals surface area contributed by atoms with Gasteiger partial charge in [-0.05, 0) is 49.9 Å². The number of phenols is 1. The molecular formula is C32H38N4O7. The van der Waals surface area contributed by atoms with Crippen LogP contribution in [-0.4, -0.2) is 74.4 Å². The molecule has 1 fully saturated rings. The van der Waals surface area contributed by atoms with Gasteiger partial charge in [-0.25, -0.2) is 14.6 Å². The molecule has 3 aromatic rings. The second kappa shape index (κ2) is 11.3. The molecule has 1 atom stereocenters. The summed E-state index contributed by atoms with van der Waals surface area (Å²) >= 11 is 0. The summed E-state index contributed by atoms with van der Waals surface area (Å²) < 4.78 is 12.2. The second-order valence-electron chi connectivity index (χ2n) is 11.8. The summed E-state index contributed by atoms with van der Waals surface area (Å²) in [4.78, 5) is 47.2. The number of aliphatic hydroxyl groups is 1. The molecule has 11 nitrogen and oxygen atoms in total. The number of benzene rings is 1. The number of hydrogen-bond acceptors (Lipinski definition) is 9. The molecule has 3 aliphatic rings. The van der Waals surface area contributed by atoms with E-state index in [0.717, 1.165) is 55.3 Å². The molecule has 1 saturated heterocycles. The Kier molecular flexibility index (Phi) is 7.64. The van der Waals surface area contributed by atoms with E-state index in [9.17, 15) is 24.6 Å². The molecule has 0 radical (unpaired) electrons. The van der Waals surface area contributed by atoms with Crippen LogP contribution in [0.5, 0.6) is 5.75 Å². The van der Waals surface area contributed by atoms with Crippen molar-refractivity contribution in [2.75, 3.05) is 26.7 Å². The van der Waals surface area contributed by atoms with Crippen molar-refractivity contribution in [3.05, 3.63) is 56.9 Å². The standard InChI is InChI=1S/C32H38N4O7/c1-4-6-13-42-31(40)34(3)20-9-11-35(12-10-20)17-22-21-14-19-16-36-26(28(19)33-25(21)7-8-27(22)37)15-24-23(29(36)38)18-43-30(39)32(24,41)5-2/h7-8,14-15,20,37,41H,4-6,9-13,16-18H2,1-3H3/t32-/m0/s1. The second-order valence-corrected chi connectivity index (χ2v) is 11.8. The molecule has 1 amide bonds. The van der Waals surface area contributed by atoms with E-state index in [1.807, 2.05) is 6.07 Å². The molecule has 228 valence electrons. The molecule has 6 rings (SSSR count). The van der Waals surface area contributed by atoms with E-state index >= 15 is 0 Å². The maximum atomic E-state index is 13.5. The van der Waals surface area contributed by atoms with E-state index in [0.29, 0.717) is 36.6 Å². The van der Waals surface area contributed by atoms with Crippen molar-refractivity contribution in [2.24, 2.45) is 0 Å². The molecule has 0 aliphatic carbocycles. The van der Waals surface area contributed by atoms with Crippen molar-refractivity contribution in [3.63, 3.8) is 0 Å². The zero-order chi connectivity index (χ0) is 30.5. The summed E-state index contributed by atoms with van der Waals surface area (Å²) in [5.41, 5.74) is 1.83. The number of ether oxygens (including phenoxy) is 2. The Morgan fingerprint density at radius 2 is 1.98 bits per heavy atom. The van der Waals surface area contributed by atoms with Crippen LogP contribution in [0.25, 0.3) is 22.3 Å². The van der Waals surface area contributed by atoms with Crippen LogP contribution in [0.1, 0.15) is 68.2 Å². The highest BCUT2D eigenvalue weighted by Gasteiger charge is 2.45. The van der Waals surface area contributed by atoms with Crippen molar-refractivity contribution in [2.45, 2.75) is 77.3 Å². The number of carbonyl (C=O) groups excluding carboxylic acids is 2. The Labute approximate surface area is 249 Å². The number of hydrogen-bond donors (Lipinski definition) is 2. The highest BCUT2D eigenvalue weighted by atomic mass is 16.6. The third-order valence-corrected chi connectivity index (χ3v) is 9.28. The van der Waals surface area contributed by atoms with Gasteiger partial charge < -0.3 is 29.2 Å². The van der Waals surface area contributed by atoms with Crippen LogP contribution in [0.4, 0.5) is 4.79 Å². The Bertz CT molecular complexity index is 1660. The lowest BCUT2D eigenvalue weighted by Gasteiger charge is -2.36. The summed E-state index contributed by atoms with van der Waals surface area (Å²) in [5, 5.41) is 22.8. The van der Waals surface area contributed by atoms with Gasteiger partial charge in [-0.3, -0.25) is 9.69 Å². The number of nitrogens with zero attached hydrogens (tertiary/aromatic N) is 4. The largest absolute Gasteiger partial charge is 0.508 e. The first-order valence-corrected chi connectivity index (χ1v) is 15.1. The number of phenolic OH excluding ortho intramolecular Hbond substituents is 1. The Balaban J connectivity index is 1.25. The number of likely N-dealkylation sites (tertiary alicyclic amines) is 1. The summed E-state index contributed by atoms with van der Waals surface area (Å²) in [7, 11) is 1.80. The quantitative estimate of drug-likeness (QED) is 0.244. The molecule has 0 bridgehead atoms. The number of cyclic esters (lactones) is 1. The summed E-state index contributed by atoms with van der Waals surface area (Å²) in [6.07, 6.45) is 3.24. The zero-order valence-corrected chi connectivity index (χ0v) is 24.9. The van der Waals surface area contributed by atoms with Gasteiger partial charge in [0.05, 0.1) is 35.6 Å². The minimum Gasteiger partial charge on any atom is -0.508 e. The van der Waals surface area contributed by atoms with Gasteiger partial charge in [0.1, 0.15) is 12.4 Å². The highest BCUT2D eigenvalue weighted by Crippen LogP contribution is 2.40. The molecule has 11 heteroatoms. The van der Waals surface area contributed by atoms with E-state index in [1.165, 1.54) is 0 Å². The van der Waals surface area contributed by atoms with E-state index in [2.05, 4.69) is 11.8 Å². The summed E-state index contributed by atoms with van der Waals surface area (Å²) in [5.74, 6) is -0.570. The van der Waals surface area contributed by atoms with E-state index in [1.54, 1.807) is 41.6 Å². The monoisotopic (exact) mass is 590 g/mol. The zero-order valence-electron chi connectivity index (χ0n) is 24.9. The van der Waals surface area contributed by atoms with Crippen molar-refractivity contribution < 1.29 is 29.3 Å². The van der Waals surface area contributed by atoms with Crippen molar-refractivity contribution in [1.29, 1.82) is 0 Å². The van der Waals surface area contributed by atoms with Gasteiger partial charge in [0.15, 0.2) is 5.60 Å². The van der Waals surface area contributed by atoms with Crippen LogP contribution in [0.3, 0.4) is 0 Å². The highest BCUT2D eigenvalue weighted by molar-refractivity contribution is 5.89. The molecule has 0 unspecified atom stereocenters. The number of aromatic nitrogens is 2. The third kappa shape index (κ3) is 4.94. The van der Waals surface area contributed by atoms with Gasteiger partial charge in [0, 0.05) is 54.8 Å². The molecule has 2 aromatic heterocycles. The van der Waals surface area contributed by atoms with Crippen LogP contribution >= 0.6 is 0 Å². The molecule has 5 heterocycles. The van der Waals surface area contributed by atoms with Crippen molar-refractivity contribution in [1.82, 2.24) is 19.4 Å². The topological polar surface area (TPSA) is 134 Å². The number of unbranched alkanes of at least 4 members (excludes halogenated alkanes) is 1. The van der Waals surface area contributed by atoms with Crippen molar-refractivity contribution in [3.8, 4) is 17.1 Å². The maximum Gasteiger partial charge on any atom is 0.409 e. The summed E-state index contributed by atoms with van der Waals surface area (Å²) in [6, 6.07) is 7.19. The van der Waals surface area contributed by atoms with Crippen LogP contribution in [0, 0.1) is 0 Å². The average molecular weight is 591 g/mol. The van der Waals surface area contributed by atoms with Crippen LogP contribution in [0.2, 0.25) is 0 Å². The minimum atomic E-state index is -1.88. The third-order valence-electron chi connectivity index (χ3n) is 9.28. The lowest BCUT2D eigenvalue weighted by atomic mass is 9.86. The fourth-order valence-electron chi connectivity index (χ4n) is 6.51. The van der Waals surface area contributed by atoms with Gasteiger partial charge in [-0.1, -0.05) is 20.3 Å². The van der Waals surface area contributed by atoms with Gasteiger partial charge in [-0.15, -0.1) is 0 Å². The first-order chi connectivity index (χ1) is 20.7. The maximum absolute atomic E-state index is 13.5. The number of aromatic hydroxyl groups is 1. The first kappa shape index (κ1) is 29.1. The molecule has 0 saturated carbocycles. The summed E-state index contributed by atoms with van der Waals surface area (Å²) in [6.45, 7) is 6.34. The molecule has 2 N–H and O–H groups in total. The Hall–Kier alpha value is -3.96. The van der Waals surface area contributed by atoms with E-state index in [4.69, 9.17) is 14.5 Å². The molecule has 43 heavy (non-hydrogen) atoms. The van der Waals surface area contributed by atoms with Crippen LogP contribution < -0.4 is 5.56 Å². The van der Waals surface area contributed by atoms with Crippen molar-refractivity contribution >= 4 is 23.0 Å². The average Bonchev–Trinajstić information content (AvgIpc) is 3.37. The SMILES string of the molecule is CCCCOC(=O)N(C)C1CCN(Cc2c(O)ccc3nc4c(cc23)Cn2c-4cc3c(c2=O)COC(=O)[C@]3(O)CC)CC1. The number of amides is 1. The van der Waals surface area contributed by atoms with Crippen LogP contribution in [0.15, 0.2) is 29.1 Å². The van der Waals surface area contributed by atoms with Gasteiger partial charge in [-0.2, -0.15) is 0 Å². The van der Waals surface area contributed by atoms with Gasteiger partial charge in [0.2, 0.25) is 0 Å². The number of carbonyl (C=O) groups is 2. The number of pyridine rings is 2. The lowest BCUT2D eigenvalue weighted by Crippen LogP contribution is -2.45. The molecule has 1 aromatic carbocycles. The fourth-order valence-corrected chi connectivity index (χ4v) is 6.51. The number of rotatable bonds is 7. The predicted molar refractivity (Wildman–Crippen MR) is 159 cm³/mol. The fraction of sp³-hybridized carbons (Fsp3) is 0.500. The number of piperidine rings is 1. The van der Waals surface area contributed by atoms with E-state index < -0.39 is 11.6 Å². The first-order valence-electron chi connectivity index (χ1n) is 15.1. The molecule has 3 aliphatic heterocycles. The Morgan fingerprint density at radius 1 is 1.21 bits per heavy atom. The number of esters is 1. The minimum absolute atomic E-state index is 0.0823.